The lowest BCUT2D eigenvalue weighted by atomic mass is 10.1. The summed E-state index contributed by atoms with van der Waals surface area (Å²) in [6, 6.07) is 14.5. The maximum absolute atomic E-state index is 5.34. The third-order valence-electron chi connectivity index (χ3n) is 3.64. The number of pyridine rings is 1. The van der Waals surface area contributed by atoms with Gasteiger partial charge in [-0.1, -0.05) is 6.07 Å². The van der Waals surface area contributed by atoms with Crippen molar-refractivity contribution in [1.82, 2.24) is 4.98 Å². The summed E-state index contributed by atoms with van der Waals surface area (Å²) in [6.07, 6.45) is 0. The number of nitrogens with one attached hydrogen (secondary N) is 1. The molecule has 3 rings (SSSR count). The molecule has 3 nitrogen and oxygen atoms in total. The summed E-state index contributed by atoms with van der Waals surface area (Å²) < 4.78 is 5.34. The number of benzene rings is 2. The van der Waals surface area contributed by atoms with Crippen LogP contribution in [-0.2, 0) is 0 Å². The minimum atomic E-state index is 0.835. The Bertz CT molecular complexity index is 820. The van der Waals surface area contributed by atoms with Crippen molar-refractivity contribution in [2.75, 3.05) is 12.4 Å². The summed E-state index contributed by atoms with van der Waals surface area (Å²) in [7, 11) is 1.68. The number of hydrogen-bond acceptors (Lipinski definition) is 3. The molecule has 2 aromatic carbocycles. The molecule has 0 radical (unpaired) electrons. The van der Waals surface area contributed by atoms with Crippen LogP contribution in [0.1, 0.15) is 16.8 Å². The van der Waals surface area contributed by atoms with Crippen LogP contribution in [0.3, 0.4) is 0 Å². The van der Waals surface area contributed by atoms with Crippen molar-refractivity contribution >= 4 is 22.3 Å². The van der Waals surface area contributed by atoms with Gasteiger partial charge in [0.15, 0.2) is 0 Å². The molecule has 0 amide bonds. The van der Waals surface area contributed by atoms with Gasteiger partial charge in [-0.15, -0.1) is 0 Å². The lowest BCUT2D eigenvalue weighted by Gasteiger charge is -2.13. The summed E-state index contributed by atoms with van der Waals surface area (Å²) in [5.74, 6) is 0.835. The summed E-state index contributed by atoms with van der Waals surface area (Å²) in [5.41, 5.74) is 6.58. The van der Waals surface area contributed by atoms with Crippen LogP contribution in [0.5, 0.6) is 5.75 Å². The summed E-state index contributed by atoms with van der Waals surface area (Å²) in [4.78, 5) is 4.59. The van der Waals surface area contributed by atoms with E-state index in [0.717, 1.165) is 33.7 Å². The Morgan fingerprint density at radius 3 is 2.32 bits per heavy atom. The van der Waals surface area contributed by atoms with Crippen LogP contribution < -0.4 is 10.1 Å². The molecule has 112 valence electrons. The normalized spacial score (nSPS) is 10.7. The fraction of sp³-hybridized carbons (Fsp3) is 0.211. The molecule has 0 bridgehead atoms. The van der Waals surface area contributed by atoms with E-state index in [2.05, 4.69) is 48.4 Å². The number of anilines is 2. The van der Waals surface area contributed by atoms with Crippen molar-refractivity contribution < 1.29 is 4.74 Å². The topological polar surface area (TPSA) is 34.1 Å². The Morgan fingerprint density at radius 2 is 1.64 bits per heavy atom. The number of fused-ring (bicyclic) bond motifs is 1. The molecule has 0 saturated heterocycles. The Kier molecular flexibility index (Phi) is 3.72. The van der Waals surface area contributed by atoms with E-state index in [4.69, 9.17) is 4.74 Å². The summed E-state index contributed by atoms with van der Waals surface area (Å²) in [5, 5.41) is 4.58. The third-order valence-corrected chi connectivity index (χ3v) is 3.64. The van der Waals surface area contributed by atoms with Gasteiger partial charge < -0.3 is 10.1 Å². The van der Waals surface area contributed by atoms with Gasteiger partial charge in [-0.3, -0.25) is 4.98 Å². The first-order valence-corrected chi connectivity index (χ1v) is 7.36. The van der Waals surface area contributed by atoms with Crippen LogP contribution in [0.25, 0.3) is 10.9 Å². The van der Waals surface area contributed by atoms with Gasteiger partial charge in [0.05, 0.1) is 12.6 Å². The smallest absolute Gasteiger partial charge is 0.119 e. The molecule has 0 spiro atoms. The molecular weight excluding hydrogens is 272 g/mol. The molecule has 3 heteroatoms. The second kappa shape index (κ2) is 5.68. The van der Waals surface area contributed by atoms with E-state index in [0.29, 0.717) is 0 Å². The van der Waals surface area contributed by atoms with Crippen molar-refractivity contribution in [3.8, 4) is 5.75 Å². The minimum Gasteiger partial charge on any atom is -0.497 e. The fourth-order valence-electron chi connectivity index (χ4n) is 2.77. The molecule has 0 saturated carbocycles. The van der Waals surface area contributed by atoms with Crippen molar-refractivity contribution in [2.24, 2.45) is 0 Å². The van der Waals surface area contributed by atoms with Gasteiger partial charge in [0, 0.05) is 22.5 Å². The largest absolute Gasteiger partial charge is 0.497 e. The fourth-order valence-corrected chi connectivity index (χ4v) is 2.77. The first kappa shape index (κ1) is 14.4. The van der Waals surface area contributed by atoms with Crippen LogP contribution in [0.15, 0.2) is 42.5 Å². The van der Waals surface area contributed by atoms with Crippen LogP contribution in [-0.4, -0.2) is 12.1 Å². The molecule has 1 N–H and O–H groups in total. The number of rotatable bonds is 3. The van der Waals surface area contributed by atoms with Crippen molar-refractivity contribution in [1.29, 1.82) is 0 Å². The highest BCUT2D eigenvalue weighted by Crippen LogP contribution is 2.30. The first-order valence-electron chi connectivity index (χ1n) is 7.36. The van der Waals surface area contributed by atoms with Crippen molar-refractivity contribution in [3.05, 3.63) is 59.3 Å². The zero-order valence-electron chi connectivity index (χ0n) is 13.4. The molecule has 22 heavy (non-hydrogen) atoms. The first-order chi connectivity index (χ1) is 10.5. The second-order valence-electron chi connectivity index (χ2n) is 5.70. The molecule has 0 atom stereocenters. The lowest BCUT2D eigenvalue weighted by molar-refractivity contribution is 0.415. The van der Waals surface area contributed by atoms with Gasteiger partial charge in [-0.2, -0.15) is 0 Å². The van der Waals surface area contributed by atoms with Crippen molar-refractivity contribution in [3.63, 3.8) is 0 Å². The monoisotopic (exact) mass is 292 g/mol. The van der Waals surface area contributed by atoms with Crippen LogP contribution in [0.4, 0.5) is 11.4 Å². The molecule has 0 aliphatic heterocycles. The number of ether oxygens (including phenoxy) is 1. The molecule has 0 aliphatic rings. The zero-order valence-corrected chi connectivity index (χ0v) is 13.4. The number of aromatic nitrogens is 1. The van der Waals surface area contributed by atoms with Gasteiger partial charge in [0.1, 0.15) is 5.75 Å². The highest BCUT2D eigenvalue weighted by Gasteiger charge is 2.07. The predicted octanol–water partition coefficient (Wildman–Crippen LogP) is 4.91. The minimum absolute atomic E-state index is 0.835. The summed E-state index contributed by atoms with van der Waals surface area (Å²) >= 11 is 0. The van der Waals surface area contributed by atoms with Crippen LogP contribution >= 0.6 is 0 Å². The Labute approximate surface area is 131 Å². The lowest BCUT2D eigenvalue weighted by Crippen LogP contribution is -1.96. The Hall–Kier alpha value is -2.55. The Morgan fingerprint density at radius 1 is 0.909 bits per heavy atom. The number of nitrogens with zero attached hydrogens (tertiary/aromatic N) is 1. The number of methoxy groups -OCH3 is 1. The molecular formula is C19H20N2O. The van der Waals surface area contributed by atoms with Crippen molar-refractivity contribution in [2.45, 2.75) is 20.8 Å². The van der Waals surface area contributed by atoms with Gasteiger partial charge in [-0.05, 0) is 68.3 Å². The highest BCUT2D eigenvalue weighted by molar-refractivity contribution is 5.94. The molecule has 0 aliphatic carbocycles. The zero-order chi connectivity index (χ0) is 15.7. The quantitative estimate of drug-likeness (QED) is 0.744. The number of aryl methyl sites for hydroxylation is 3. The van der Waals surface area contributed by atoms with Crippen LogP contribution in [0, 0.1) is 20.8 Å². The summed E-state index contributed by atoms with van der Waals surface area (Å²) in [6.45, 7) is 6.23. The van der Waals surface area contributed by atoms with E-state index in [-0.39, 0.29) is 0 Å². The standard InChI is InChI=1S/C19H20N2O/c1-12-7-13(2)9-15(8-12)21-19-10-14(3)20-18-6-5-16(22-4)11-17(18)19/h5-11H,1-4H3,(H,20,21). The number of hydrogen-bond donors (Lipinski definition) is 1. The van der Waals surface area contributed by atoms with E-state index < -0.39 is 0 Å². The molecule has 1 aromatic heterocycles. The van der Waals surface area contributed by atoms with Crippen LogP contribution in [0.2, 0.25) is 0 Å². The van der Waals surface area contributed by atoms with Gasteiger partial charge in [-0.25, -0.2) is 0 Å². The van der Waals surface area contributed by atoms with Gasteiger partial charge >= 0.3 is 0 Å². The molecule has 1 heterocycles. The SMILES string of the molecule is COc1ccc2nc(C)cc(Nc3cc(C)cc(C)c3)c2c1. The van der Waals surface area contributed by atoms with E-state index in [1.54, 1.807) is 7.11 Å². The predicted molar refractivity (Wildman–Crippen MR) is 92.2 cm³/mol. The van der Waals surface area contributed by atoms with Gasteiger partial charge in [0.2, 0.25) is 0 Å². The molecule has 0 fully saturated rings. The highest BCUT2D eigenvalue weighted by atomic mass is 16.5. The van der Waals surface area contributed by atoms with E-state index in [1.807, 2.05) is 25.1 Å². The third kappa shape index (κ3) is 2.89. The maximum atomic E-state index is 5.34. The van der Waals surface area contributed by atoms with E-state index >= 15 is 0 Å². The Balaban J connectivity index is 2.12. The average molecular weight is 292 g/mol. The second-order valence-corrected chi connectivity index (χ2v) is 5.70. The van der Waals surface area contributed by atoms with Gasteiger partial charge in [0.25, 0.3) is 0 Å². The maximum Gasteiger partial charge on any atom is 0.119 e. The molecule has 0 unspecified atom stereocenters. The van der Waals surface area contributed by atoms with E-state index in [1.165, 1.54) is 11.1 Å². The molecule has 3 aromatic rings. The average Bonchev–Trinajstić information content (AvgIpc) is 2.45. The van der Waals surface area contributed by atoms with E-state index in [9.17, 15) is 0 Å².